The summed E-state index contributed by atoms with van der Waals surface area (Å²) in [6, 6.07) is 24.0. The quantitative estimate of drug-likeness (QED) is 0.575. The number of aryl methyl sites for hydroxylation is 1. The van der Waals surface area contributed by atoms with E-state index >= 15 is 0 Å². The minimum Gasteiger partial charge on any atom is -0.497 e. The molecule has 2 fully saturated rings. The van der Waals surface area contributed by atoms with Crippen molar-refractivity contribution in [3.63, 3.8) is 0 Å². The molecule has 3 atom stereocenters. The van der Waals surface area contributed by atoms with Gasteiger partial charge in [0.1, 0.15) is 11.2 Å². The first-order valence-corrected chi connectivity index (χ1v) is 10.5. The number of fused-ring (bicyclic) bond motifs is 1. The van der Waals surface area contributed by atoms with E-state index in [0.717, 1.165) is 22.6 Å². The van der Waals surface area contributed by atoms with E-state index in [9.17, 15) is 9.59 Å². The highest BCUT2D eigenvalue weighted by molar-refractivity contribution is 6.25. The van der Waals surface area contributed by atoms with Crippen molar-refractivity contribution in [3.8, 4) is 5.75 Å². The Kier molecular flexibility index (Phi) is 4.75. The minimum absolute atomic E-state index is 0.268. The number of amides is 2. The fourth-order valence-corrected chi connectivity index (χ4v) is 4.65. The number of ether oxygens (including phenoxy) is 1. The molecule has 3 aromatic rings. The first-order valence-electron chi connectivity index (χ1n) is 10.5. The number of hydroxylamine groups is 1. The van der Waals surface area contributed by atoms with Crippen LogP contribution in [0.1, 0.15) is 24.1 Å². The van der Waals surface area contributed by atoms with Gasteiger partial charge in [-0.05, 0) is 55.8 Å². The van der Waals surface area contributed by atoms with E-state index in [1.807, 2.05) is 80.6 Å². The van der Waals surface area contributed by atoms with Gasteiger partial charge in [0.15, 0.2) is 6.10 Å². The van der Waals surface area contributed by atoms with Crippen molar-refractivity contribution in [2.45, 2.75) is 26.0 Å². The molecule has 2 saturated heterocycles. The van der Waals surface area contributed by atoms with Gasteiger partial charge in [-0.2, -0.15) is 0 Å². The number of carbonyl (C=O) groups excluding carboxylic acids is 2. The highest BCUT2D eigenvalue weighted by Crippen LogP contribution is 2.55. The van der Waals surface area contributed by atoms with Gasteiger partial charge in [0.2, 0.25) is 5.91 Å². The fourth-order valence-electron chi connectivity index (χ4n) is 4.65. The van der Waals surface area contributed by atoms with E-state index in [1.54, 1.807) is 24.3 Å². The number of benzene rings is 3. The third-order valence-corrected chi connectivity index (χ3v) is 6.41. The van der Waals surface area contributed by atoms with Gasteiger partial charge in [-0.15, -0.1) is 0 Å². The average molecular weight is 428 g/mol. The summed E-state index contributed by atoms with van der Waals surface area (Å²) in [7, 11) is 1.61. The van der Waals surface area contributed by atoms with Gasteiger partial charge in [-0.25, -0.2) is 9.96 Å². The number of nitrogens with zero attached hydrogens (tertiary/aromatic N) is 2. The lowest BCUT2D eigenvalue weighted by Gasteiger charge is -2.32. The van der Waals surface area contributed by atoms with E-state index in [0.29, 0.717) is 5.69 Å². The van der Waals surface area contributed by atoms with Crippen molar-refractivity contribution in [2.75, 3.05) is 17.1 Å². The lowest BCUT2D eigenvalue weighted by atomic mass is 9.76. The maximum Gasteiger partial charge on any atom is 0.266 e. The van der Waals surface area contributed by atoms with Crippen LogP contribution in [0, 0.1) is 12.3 Å². The molecule has 0 radical (unpaired) electrons. The number of imide groups is 1. The zero-order valence-electron chi connectivity index (χ0n) is 18.2. The van der Waals surface area contributed by atoms with Gasteiger partial charge >= 0.3 is 0 Å². The van der Waals surface area contributed by atoms with Crippen molar-refractivity contribution >= 4 is 23.2 Å². The summed E-state index contributed by atoms with van der Waals surface area (Å²) < 4.78 is 5.30. The van der Waals surface area contributed by atoms with Crippen LogP contribution in [0.4, 0.5) is 11.4 Å². The standard InChI is InChI=1S/C26H24N2O4/c1-17-9-13-19(14-10-17)27-24(29)23-26(2,25(27)30)22(18-11-15-21(31-3)16-12-18)28(32-23)20-7-5-4-6-8-20/h4-16,22-23H,1-3H3/t22-,23+,26+/m1/s1. The van der Waals surface area contributed by atoms with E-state index < -0.39 is 17.6 Å². The van der Waals surface area contributed by atoms with Crippen molar-refractivity contribution in [1.82, 2.24) is 0 Å². The topological polar surface area (TPSA) is 59.1 Å². The molecule has 0 aliphatic carbocycles. The summed E-state index contributed by atoms with van der Waals surface area (Å²) in [5.41, 5.74) is 2.16. The van der Waals surface area contributed by atoms with Crippen LogP contribution >= 0.6 is 0 Å². The summed E-state index contributed by atoms with van der Waals surface area (Å²) in [6.45, 7) is 3.79. The molecule has 32 heavy (non-hydrogen) atoms. The smallest absolute Gasteiger partial charge is 0.266 e. The SMILES string of the molecule is COc1ccc([C@H]2N(c3ccccc3)O[C@H]3C(=O)N(c4ccc(C)cc4)C(=O)[C@]32C)cc1. The van der Waals surface area contributed by atoms with Gasteiger partial charge in [0.05, 0.1) is 24.5 Å². The Bertz CT molecular complexity index is 1160. The number of hydrogen-bond donors (Lipinski definition) is 0. The Morgan fingerprint density at radius 3 is 2.16 bits per heavy atom. The highest BCUT2D eigenvalue weighted by Gasteiger charge is 2.68. The molecular formula is C26H24N2O4. The van der Waals surface area contributed by atoms with E-state index in [-0.39, 0.29) is 11.8 Å². The van der Waals surface area contributed by atoms with Gasteiger partial charge in [0.25, 0.3) is 5.91 Å². The first kappa shape index (κ1) is 20.3. The molecule has 2 amide bonds. The second kappa shape index (κ2) is 7.50. The van der Waals surface area contributed by atoms with Crippen molar-refractivity contribution in [3.05, 3.63) is 90.0 Å². The number of anilines is 2. The van der Waals surface area contributed by atoms with Crippen LogP contribution in [-0.2, 0) is 14.4 Å². The second-order valence-corrected chi connectivity index (χ2v) is 8.42. The molecule has 0 saturated carbocycles. The maximum atomic E-state index is 13.9. The Balaban J connectivity index is 1.62. The van der Waals surface area contributed by atoms with E-state index in [1.165, 1.54) is 4.90 Å². The van der Waals surface area contributed by atoms with Crippen LogP contribution in [0.25, 0.3) is 0 Å². The molecule has 2 heterocycles. The highest BCUT2D eigenvalue weighted by atomic mass is 16.7. The van der Waals surface area contributed by atoms with Crippen LogP contribution in [0.3, 0.4) is 0 Å². The van der Waals surface area contributed by atoms with E-state index in [2.05, 4.69) is 0 Å². The number of hydrogen-bond acceptors (Lipinski definition) is 5. The number of methoxy groups -OCH3 is 1. The first-order chi connectivity index (χ1) is 15.4. The fraction of sp³-hybridized carbons (Fsp3) is 0.231. The lowest BCUT2D eigenvalue weighted by molar-refractivity contribution is -0.128. The lowest BCUT2D eigenvalue weighted by Crippen LogP contribution is -2.41. The molecule has 0 spiro atoms. The summed E-state index contributed by atoms with van der Waals surface area (Å²) in [5, 5.41) is 1.70. The Morgan fingerprint density at radius 2 is 1.53 bits per heavy atom. The van der Waals surface area contributed by atoms with Crippen LogP contribution in [0.15, 0.2) is 78.9 Å². The van der Waals surface area contributed by atoms with Crippen LogP contribution in [0.2, 0.25) is 0 Å². The monoisotopic (exact) mass is 428 g/mol. The predicted molar refractivity (Wildman–Crippen MR) is 121 cm³/mol. The molecule has 6 heteroatoms. The molecular weight excluding hydrogens is 404 g/mol. The number of rotatable bonds is 4. The maximum absolute atomic E-state index is 13.9. The largest absolute Gasteiger partial charge is 0.497 e. The molecule has 5 rings (SSSR count). The van der Waals surface area contributed by atoms with Crippen molar-refractivity contribution < 1.29 is 19.2 Å². The Hall–Kier alpha value is -3.64. The third kappa shape index (κ3) is 2.91. The molecule has 3 aromatic carbocycles. The second-order valence-electron chi connectivity index (χ2n) is 8.42. The molecule has 0 bridgehead atoms. The van der Waals surface area contributed by atoms with Gasteiger partial charge in [-0.3, -0.25) is 14.4 Å². The predicted octanol–water partition coefficient (Wildman–Crippen LogP) is 4.44. The van der Waals surface area contributed by atoms with Gasteiger partial charge in [0, 0.05) is 0 Å². The molecule has 6 nitrogen and oxygen atoms in total. The summed E-state index contributed by atoms with van der Waals surface area (Å²) >= 11 is 0. The Labute approximate surface area is 186 Å². The van der Waals surface area contributed by atoms with Crippen molar-refractivity contribution in [2.24, 2.45) is 5.41 Å². The van der Waals surface area contributed by atoms with Gasteiger partial charge in [-0.1, -0.05) is 48.0 Å². The van der Waals surface area contributed by atoms with Crippen molar-refractivity contribution in [1.29, 1.82) is 0 Å². The molecule has 0 aromatic heterocycles. The molecule has 0 N–H and O–H groups in total. The van der Waals surface area contributed by atoms with Crippen LogP contribution in [0.5, 0.6) is 5.75 Å². The molecule has 2 aliphatic rings. The Morgan fingerprint density at radius 1 is 0.875 bits per heavy atom. The molecule has 0 unspecified atom stereocenters. The van der Waals surface area contributed by atoms with Gasteiger partial charge < -0.3 is 4.74 Å². The number of carbonyl (C=O) groups is 2. The summed E-state index contributed by atoms with van der Waals surface area (Å²) in [6.07, 6.45) is -0.927. The summed E-state index contributed by atoms with van der Waals surface area (Å²) in [5.74, 6) is 0.102. The normalized spacial score (nSPS) is 24.7. The molecule has 162 valence electrons. The van der Waals surface area contributed by atoms with E-state index in [4.69, 9.17) is 9.57 Å². The third-order valence-electron chi connectivity index (χ3n) is 6.41. The summed E-state index contributed by atoms with van der Waals surface area (Å²) in [4.78, 5) is 34.9. The van der Waals surface area contributed by atoms with Crippen LogP contribution < -0.4 is 14.7 Å². The number of para-hydroxylation sites is 1. The average Bonchev–Trinajstić information content (AvgIpc) is 3.23. The van der Waals surface area contributed by atoms with Crippen LogP contribution in [-0.4, -0.2) is 25.0 Å². The zero-order valence-corrected chi connectivity index (χ0v) is 18.2. The zero-order chi connectivity index (χ0) is 22.5. The molecule has 2 aliphatic heterocycles. The minimum atomic E-state index is -1.10.